The summed E-state index contributed by atoms with van der Waals surface area (Å²) in [6.07, 6.45) is 0. The van der Waals surface area contributed by atoms with Gasteiger partial charge in [-0.25, -0.2) is 0 Å². The molecular weight excluding hydrogens is 166 g/mol. The molecule has 0 aliphatic rings. The zero-order valence-corrected chi connectivity index (χ0v) is 8.07. The molecule has 1 aromatic rings. The molecular formula is C10H13NO2. The van der Waals surface area contributed by atoms with Gasteiger partial charge in [0.25, 0.3) is 0 Å². The van der Waals surface area contributed by atoms with E-state index >= 15 is 0 Å². The van der Waals surface area contributed by atoms with E-state index in [1.807, 2.05) is 37.2 Å². The molecule has 0 aliphatic heterocycles. The first-order chi connectivity index (χ1) is 6.11. The number of anilines is 1. The normalized spacial score (nSPS) is 9.46. The number of rotatable bonds is 2. The molecule has 0 atom stereocenters. The molecule has 13 heavy (non-hydrogen) atoms. The second-order valence-electron chi connectivity index (χ2n) is 2.96. The summed E-state index contributed by atoms with van der Waals surface area (Å²) < 4.78 is 5.03. The third-order valence-corrected chi connectivity index (χ3v) is 1.60. The van der Waals surface area contributed by atoms with E-state index in [1.165, 1.54) is 6.92 Å². The van der Waals surface area contributed by atoms with Gasteiger partial charge in [0.15, 0.2) is 5.75 Å². The Balaban J connectivity index is 2.97. The maximum absolute atomic E-state index is 10.7. The van der Waals surface area contributed by atoms with Crippen LogP contribution in [0.15, 0.2) is 24.3 Å². The number of benzene rings is 1. The first-order valence-electron chi connectivity index (χ1n) is 4.06. The third kappa shape index (κ3) is 2.47. The van der Waals surface area contributed by atoms with Crippen LogP contribution in [0.5, 0.6) is 5.75 Å². The summed E-state index contributed by atoms with van der Waals surface area (Å²) in [6, 6.07) is 7.42. The van der Waals surface area contributed by atoms with E-state index in [-0.39, 0.29) is 5.97 Å². The quantitative estimate of drug-likeness (QED) is 0.511. The molecule has 0 unspecified atom stereocenters. The minimum Gasteiger partial charge on any atom is -0.425 e. The highest BCUT2D eigenvalue weighted by molar-refractivity contribution is 5.72. The Kier molecular flexibility index (Phi) is 2.90. The molecule has 3 nitrogen and oxygen atoms in total. The Morgan fingerprint density at radius 1 is 1.31 bits per heavy atom. The van der Waals surface area contributed by atoms with Gasteiger partial charge in [0.05, 0.1) is 5.69 Å². The second-order valence-corrected chi connectivity index (χ2v) is 2.96. The minimum atomic E-state index is -0.297. The molecule has 3 heteroatoms. The minimum absolute atomic E-state index is 0.297. The zero-order chi connectivity index (χ0) is 9.84. The average molecular weight is 179 g/mol. The third-order valence-electron chi connectivity index (χ3n) is 1.60. The molecule has 1 rings (SSSR count). The van der Waals surface area contributed by atoms with Crippen molar-refractivity contribution in [3.05, 3.63) is 24.3 Å². The van der Waals surface area contributed by atoms with Crippen LogP contribution >= 0.6 is 0 Å². The standard InChI is InChI=1S/C10H13NO2/c1-8(12)13-10-7-5-4-6-9(10)11(2)3/h4-7H,1-3H3. The number of hydrogen-bond acceptors (Lipinski definition) is 3. The molecule has 70 valence electrons. The monoisotopic (exact) mass is 179 g/mol. The van der Waals surface area contributed by atoms with Crippen molar-refractivity contribution < 1.29 is 9.53 Å². The van der Waals surface area contributed by atoms with E-state index in [9.17, 15) is 4.79 Å². The van der Waals surface area contributed by atoms with Gasteiger partial charge in [-0.15, -0.1) is 0 Å². The molecule has 0 saturated carbocycles. The number of para-hydroxylation sites is 2. The molecule has 0 saturated heterocycles. The highest BCUT2D eigenvalue weighted by atomic mass is 16.5. The summed E-state index contributed by atoms with van der Waals surface area (Å²) in [5.74, 6) is 0.300. The van der Waals surface area contributed by atoms with Gasteiger partial charge in [0.1, 0.15) is 0 Å². The molecule has 0 heterocycles. The highest BCUT2D eigenvalue weighted by Crippen LogP contribution is 2.25. The fraction of sp³-hybridized carbons (Fsp3) is 0.300. The van der Waals surface area contributed by atoms with E-state index in [2.05, 4.69) is 0 Å². The van der Waals surface area contributed by atoms with Gasteiger partial charge >= 0.3 is 5.97 Å². The fourth-order valence-corrected chi connectivity index (χ4v) is 1.07. The van der Waals surface area contributed by atoms with Crippen LogP contribution < -0.4 is 9.64 Å². The average Bonchev–Trinajstić information content (AvgIpc) is 2.03. The predicted molar refractivity (Wildman–Crippen MR) is 52.1 cm³/mol. The summed E-state index contributed by atoms with van der Waals surface area (Å²) in [7, 11) is 3.81. The van der Waals surface area contributed by atoms with Crippen molar-refractivity contribution >= 4 is 11.7 Å². The smallest absolute Gasteiger partial charge is 0.308 e. The van der Waals surface area contributed by atoms with E-state index < -0.39 is 0 Å². The largest absolute Gasteiger partial charge is 0.425 e. The number of carbonyl (C=O) groups is 1. The van der Waals surface area contributed by atoms with Crippen molar-refractivity contribution in [2.75, 3.05) is 19.0 Å². The van der Waals surface area contributed by atoms with E-state index in [1.54, 1.807) is 6.07 Å². The van der Waals surface area contributed by atoms with Crippen LogP contribution in [-0.4, -0.2) is 20.1 Å². The Hall–Kier alpha value is -1.51. The second kappa shape index (κ2) is 3.94. The highest BCUT2D eigenvalue weighted by Gasteiger charge is 2.05. The van der Waals surface area contributed by atoms with Crippen molar-refractivity contribution in [3.63, 3.8) is 0 Å². The van der Waals surface area contributed by atoms with Crippen LogP contribution in [0.4, 0.5) is 5.69 Å². The molecule has 1 aromatic carbocycles. The molecule has 0 radical (unpaired) electrons. The van der Waals surface area contributed by atoms with Crippen LogP contribution in [-0.2, 0) is 4.79 Å². The van der Waals surface area contributed by atoms with E-state index in [4.69, 9.17) is 4.74 Å². The summed E-state index contributed by atoms with van der Waals surface area (Å²) >= 11 is 0. The number of carbonyl (C=O) groups excluding carboxylic acids is 1. The summed E-state index contributed by atoms with van der Waals surface area (Å²) in [5.41, 5.74) is 0.901. The van der Waals surface area contributed by atoms with Crippen LogP contribution in [0.1, 0.15) is 6.92 Å². The molecule has 0 bridgehead atoms. The number of ether oxygens (including phenoxy) is 1. The Morgan fingerprint density at radius 3 is 2.46 bits per heavy atom. The van der Waals surface area contributed by atoms with E-state index in [0.717, 1.165) is 5.69 Å². The molecule has 0 N–H and O–H groups in total. The molecule has 0 spiro atoms. The van der Waals surface area contributed by atoms with Gasteiger partial charge < -0.3 is 9.64 Å². The fourth-order valence-electron chi connectivity index (χ4n) is 1.07. The van der Waals surface area contributed by atoms with Crippen LogP contribution in [0, 0.1) is 0 Å². The van der Waals surface area contributed by atoms with Crippen molar-refractivity contribution in [2.24, 2.45) is 0 Å². The molecule has 0 amide bonds. The first-order valence-corrected chi connectivity index (χ1v) is 4.06. The van der Waals surface area contributed by atoms with Crippen molar-refractivity contribution in [2.45, 2.75) is 6.92 Å². The summed E-state index contributed by atoms with van der Waals surface area (Å²) in [5, 5.41) is 0. The Morgan fingerprint density at radius 2 is 1.92 bits per heavy atom. The maximum atomic E-state index is 10.7. The lowest BCUT2D eigenvalue weighted by molar-refractivity contribution is -0.131. The van der Waals surface area contributed by atoms with Crippen molar-refractivity contribution in [1.29, 1.82) is 0 Å². The number of esters is 1. The molecule has 0 fully saturated rings. The lowest BCUT2D eigenvalue weighted by Gasteiger charge is -2.15. The van der Waals surface area contributed by atoms with Gasteiger partial charge in [0.2, 0.25) is 0 Å². The van der Waals surface area contributed by atoms with Crippen molar-refractivity contribution in [3.8, 4) is 5.75 Å². The summed E-state index contributed by atoms with van der Waals surface area (Å²) in [6.45, 7) is 1.40. The number of nitrogens with zero attached hydrogens (tertiary/aromatic N) is 1. The molecule has 0 aromatic heterocycles. The van der Waals surface area contributed by atoms with Gasteiger partial charge in [-0.3, -0.25) is 4.79 Å². The topological polar surface area (TPSA) is 29.5 Å². The lowest BCUT2D eigenvalue weighted by Crippen LogP contribution is -2.12. The lowest BCUT2D eigenvalue weighted by atomic mass is 10.3. The SMILES string of the molecule is CC(=O)Oc1ccccc1N(C)C. The van der Waals surface area contributed by atoms with Gasteiger partial charge in [-0.1, -0.05) is 12.1 Å². The zero-order valence-electron chi connectivity index (χ0n) is 8.07. The van der Waals surface area contributed by atoms with Crippen LogP contribution in [0.2, 0.25) is 0 Å². The van der Waals surface area contributed by atoms with E-state index in [0.29, 0.717) is 5.75 Å². The Labute approximate surface area is 77.9 Å². The molecule has 0 aliphatic carbocycles. The van der Waals surface area contributed by atoms with Crippen LogP contribution in [0.3, 0.4) is 0 Å². The Bertz CT molecular complexity index is 308. The number of hydrogen-bond donors (Lipinski definition) is 0. The van der Waals surface area contributed by atoms with Gasteiger partial charge in [-0.2, -0.15) is 0 Å². The van der Waals surface area contributed by atoms with Crippen molar-refractivity contribution in [1.82, 2.24) is 0 Å². The first kappa shape index (κ1) is 9.58. The summed E-state index contributed by atoms with van der Waals surface area (Å²) in [4.78, 5) is 12.6. The van der Waals surface area contributed by atoms with Gasteiger partial charge in [0, 0.05) is 21.0 Å². The predicted octanol–water partition coefficient (Wildman–Crippen LogP) is 1.68. The van der Waals surface area contributed by atoms with Gasteiger partial charge in [-0.05, 0) is 12.1 Å². The van der Waals surface area contributed by atoms with Crippen LogP contribution in [0.25, 0.3) is 0 Å². The maximum Gasteiger partial charge on any atom is 0.308 e.